The highest BCUT2D eigenvalue weighted by molar-refractivity contribution is 6.10. The van der Waals surface area contributed by atoms with Gasteiger partial charge in [-0.3, -0.25) is 14.5 Å². The number of anilines is 1. The second-order valence-electron chi connectivity index (χ2n) is 9.16. The number of benzene rings is 3. The quantitative estimate of drug-likeness (QED) is 0.336. The van der Waals surface area contributed by atoms with Gasteiger partial charge in [-0.2, -0.15) is 0 Å². The van der Waals surface area contributed by atoms with Gasteiger partial charge in [-0.05, 0) is 78.9 Å². The molecule has 7 nitrogen and oxygen atoms in total. The first-order chi connectivity index (χ1) is 17.8. The summed E-state index contributed by atoms with van der Waals surface area (Å²) >= 11 is 0. The molecule has 0 N–H and O–H groups in total. The summed E-state index contributed by atoms with van der Waals surface area (Å²) in [4.78, 5) is 29.5. The highest BCUT2D eigenvalue weighted by atomic mass is 16.5. The van der Waals surface area contributed by atoms with Crippen LogP contribution in [-0.2, 0) is 6.42 Å². The summed E-state index contributed by atoms with van der Waals surface area (Å²) in [5.41, 5.74) is 4.83. The fourth-order valence-corrected chi connectivity index (χ4v) is 4.96. The Bertz CT molecular complexity index is 1560. The Hall–Kier alpha value is -4.26. The fraction of sp³-hybridized carbons (Fsp3) is 0.267. The van der Waals surface area contributed by atoms with Gasteiger partial charge in [0.05, 0.1) is 38.3 Å². The molecular weight excluding hydrogens is 470 g/mol. The van der Waals surface area contributed by atoms with Gasteiger partial charge in [0.2, 0.25) is 11.5 Å². The molecule has 190 valence electrons. The Kier molecular flexibility index (Phi) is 6.15. The average Bonchev–Trinajstić information content (AvgIpc) is 3.21. The number of amides is 1. The van der Waals surface area contributed by atoms with E-state index >= 15 is 0 Å². The minimum atomic E-state index is -0.758. The van der Waals surface area contributed by atoms with E-state index in [1.807, 2.05) is 50.2 Å². The molecule has 0 fully saturated rings. The minimum absolute atomic E-state index is 0.0408. The lowest BCUT2D eigenvalue weighted by molar-refractivity contribution is 0.0971. The van der Waals surface area contributed by atoms with Crippen LogP contribution in [0, 0.1) is 13.8 Å². The summed E-state index contributed by atoms with van der Waals surface area (Å²) in [6.45, 7) is 5.97. The van der Waals surface area contributed by atoms with Crippen LogP contribution in [0.15, 0.2) is 57.7 Å². The van der Waals surface area contributed by atoms with Gasteiger partial charge in [0.1, 0.15) is 5.58 Å². The second-order valence-corrected chi connectivity index (χ2v) is 9.16. The van der Waals surface area contributed by atoms with Gasteiger partial charge in [0.15, 0.2) is 16.9 Å². The van der Waals surface area contributed by atoms with Crippen LogP contribution in [0.4, 0.5) is 5.69 Å². The summed E-state index contributed by atoms with van der Waals surface area (Å²) in [7, 11) is 4.59. The molecule has 7 heteroatoms. The number of fused-ring (bicyclic) bond motifs is 2. The van der Waals surface area contributed by atoms with Crippen molar-refractivity contribution in [3.05, 3.63) is 92.3 Å². The molecule has 1 atom stereocenters. The van der Waals surface area contributed by atoms with Crippen LogP contribution >= 0.6 is 0 Å². The molecule has 37 heavy (non-hydrogen) atoms. The van der Waals surface area contributed by atoms with Crippen molar-refractivity contribution in [3.63, 3.8) is 0 Å². The summed E-state index contributed by atoms with van der Waals surface area (Å²) in [6, 6.07) is 14.2. The molecular formula is C30H29NO6. The van der Waals surface area contributed by atoms with Crippen LogP contribution in [0.2, 0.25) is 0 Å². The summed E-state index contributed by atoms with van der Waals surface area (Å²) in [5.74, 6) is 0.939. The first kappa shape index (κ1) is 24.4. The van der Waals surface area contributed by atoms with E-state index in [9.17, 15) is 9.59 Å². The zero-order valence-corrected chi connectivity index (χ0v) is 21.8. The molecule has 0 aliphatic carbocycles. The molecule has 1 aromatic heterocycles. The van der Waals surface area contributed by atoms with Crippen LogP contribution < -0.4 is 24.5 Å². The number of hydrogen-bond donors (Lipinski definition) is 0. The van der Waals surface area contributed by atoms with E-state index in [1.165, 1.54) is 21.3 Å². The maximum Gasteiger partial charge on any atom is 0.295 e. The number of carbonyl (C=O) groups is 1. The number of nitrogens with zero attached hydrogens (tertiary/aromatic N) is 1. The third kappa shape index (κ3) is 3.82. The lowest BCUT2D eigenvalue weighted by Crippen LogP contribution is -2.29. The van der Waals surface area contributed by atoms with E-state index < -0.39 is 6.04 Å². The van der Waals surface area contributed by atoms with E-state index in [1.54, 1.807) is 17.0 Å². The van der Waals surface area contributed by atoms with Crippen LogP contribution in [0.5, 0.6) is 17.2 Å². The van der Waals surface area contributed by atoms with E-state index in [2.05, 4.69) is 6.92 Å². The number of aryl methyl sites for hydroxylation is 3. The van der Waals surface area contributed by atoms with Gasteiger partial charge in [-0.25, -0.2) is 0 Å². The van der Waals surface area contributed by atoms with Gasteiger partial charge in [0.25, 0.3) is 5.91 Å². The van der Waals surface area contributed by atoms with E-state index in [-0.39, 0.29) is 22.7 Å². The number of ether oxygens (including phenoxy) is 3. The molecule has 2 heterocycles. The molecule has 1 aliphatic rings. The van der Waals surface area contributed by atoms with Crippen molar-refractivity contribution in [1.29, 1.82) is 0 Å². The number of hydrogen-bond acceptors (Lipinski definition) is 6. The zero-order chi connectivity index (χ0) is 26.4. The predicted octanol–water partition coefficient (Wildman–Crippen LogP) is 5.75. The monoisotopic (exact) mass is 499 g/mol. The third-order valence-electron chi connectivity index (χ3n) is 7.11. The Labute approximate surface area is 215 Å². The second kappa shape index (κ2) is 9.32. The Morgan fingerprint density at radius 3 is 2.05 bits per heavy atom. The topological polar surface area (TPSA) is 78.2 Å². The van der Waals surface area contributed by atoms with Crippen molar-refractivity contribution in [3.8, 4) is 17.2 Å². The van der Waals surface area contributed by atoms with Crippen LogP contribution in [0.25, 0.3) is 11.0 Å². The van der Waals surface area contributed by atoms with Crippen molar-refractivity contribution >= 4 is 22.6 Å². The molecule has 0 bridgehead atoms. The van der Waals surface area contributed by atoms with Gasteiger partial charge in [-0.1, -0.05) is 19.1 Å². The zero-order valence-electron chi connectivity index (χ0n) is 21.8. The average molecular weight is 500 g/mol. The number of rotatable bonds is 6. The fourth-order valence-electron chi connectivity index (χ4n) is 4.96. The Morgan fingerprint density at radius 1 is 0.865 bits per heavy atom. The molecule has 4 aromatic rings. The molecule has 0 saturated heterocycles. The smallest absolute Gasteiger partial charge is 0.295 e. The molecule has 3 aromatic carbocycles. The van der Waals surface area contributed by atoms with Gasteiger partial charge in [0, 0.05) is 5.69 Å². The number of methoxy groups -OCH3 is 3. The van der Waals surface area contributed by atoms with E-state index in [4.69, 9.17) is 18.6 Å². The first-order valence-electron chi connectivity index (χ1n) is 12.1. The largest absolute Gasteiger partial charge is 0.493 e. The van der Waals surface area contributed by atoms with E-state index in [0.29, 0.717) is 39.5 Å². The molecule has 0 spiro atoms. The summed E-state index contributed by atoms with van der Waals surface area (Å²) in [6.07, 6.45) is 0.870. The molecule has 5 rings (SSSR count). The Balaban J connectivity index is 1.83. The molecule has 1 amide bonds. The number of carbonyl (C=O) groups excluding carboxylic acids is 1. The van der Waals surface area contributed by atoms with Crippen LogP contribution in [0.1, 0.15) is 51.3 Å². The summed E-state index contributed by atoms with van der Waals surface area (Å²) in [5, 5.41) is 0.440. The standard InChI is InChI=1S/C30H29NO6/c1-7-18-8-10-20(11-9-18)31-26(19-14-23(34-4)28(36-6)24(15-19)35-5)25-27(32)21-12-16(2)17(3)13-22(21)37-29(25)30(31)33/h8-15,26H,7H2,1-6H3. The first-order valence-corrected chi connectivity index (χ1v) is 12.1. The molecule has 0 radical (unpaired) electrons. The van der Waals surface area contributed by atoms with Gasteiger partial charge >= 0.3 is 0 Å². The predicted molar refractivity (Wildman–Crippen MR) is 143 cm³/mol. The maximum atomic E-state index is 14.0. The van der Waals surface area contributed by atoms with Crippen LogP contribution in [0.3, 0.4) is 0 Å². The van der Waals surface area contributed by atoms with Crippen molar-refractivity contribution in [2.75, 3.05) is 26.2 Å². The summed E-state index contributed by atoms with van der Waals surface area (Å²) < 4.78 is 22.8. The van der Waals surface area contributed by atoms with Crippen molar-refractivity contribution in [2.45, 2.75) is 33.2 Å². The third-order valence-corrected chi connectivity index (χ3v) is 7.11. The van der Waals surface area contributed by atoms with Crippen molar-refractivity contribution < 1.29 is 23.4 Å². The van der Waals surface area contributed by atoms with Crippen LogP contribution in [-0.4, -0.2) is 27.2 Å². The van der Waals surface area contributed by atoms with Gasteiger partial charge < -0.3 is 18.6 Å². The van der Waals surface area contributed by atoms with Crippen molar-refractivity contribution in [2.24, 2.45) is 0 Å². The normalized spacial score (nSPS) is 14.7. The Morgan fingerprint density at radius 2 is 1.49 bits per heavy atom. The minimum Gasteiger partial charge on any atom is -0.493 e. The lowest BCUT2D eigenvalue weighted by atomic mass is 9.96. The highest BCUT2D eigenvalue weighted by Crippen LogP contribution is 2.46. The van der Waals surface area contributed by atoms with E-state index in [0.717, 1.165) is 23.1 Å². The maximum absolute atomic E-state index is 14.0. The van der Waals surface area contributed by atoms with Gasteiger partial charge in [-0.15, -0.1) is 0 Å². The SMILES string of the molecule is CCc1ccc(N2C(=O)c3oc4cc(C)c(C)cc4c(=O)c3C2c2cc(OC)c(OC)c(OC)c2)cc1. The molecule has 0 saturated carbocycles. The van der Waals surface area contributed by atoms with Crippen molar-refractivity contribution in [1.82, 2.24) is 0 Å². The lowest BCUT2D eigenvalue weighted by Gasteiger charge is -2.26. The highest BCUT2D eigenvalue weighted by Gasteiger charge is 2.44. The molecule has 1 unspecified atom stereocenters. The molecule has 1 aliphatic heterocycles.